The Morgan fingerprint density at radius 3 is 2.37 bits per heavy atom. The zero-order valence-corrected chi connectivity index (χ0v) is 17.2. The van der Waals surface area contributed by atoms with Gasteiger partial charge in [0, 0.05) is 57.1 Å². The molecular weight excluding hydrogens is 378 g/mol. The fourth-order valence-electron chi connectivity index (χ4n) is 3.56. The molecule has 0 unspecified atom stereocenters. The van der Waals surface area contributed by atoms with Crippen LogP contribution in [-0.2, 0) is 9.59 Å². The molecule has 2 aromatic rings. The van der Waals surface area contributed by atoms with E-state index in [1.165, 1.54) is 23.9 Å². The Morgan fingerprint density at radius 1 is 1.03 bits per heavy atom. The summed E-state index contributed by atoms with van der Waals surface area (Å²) < 4.78 is 0. The van der Waals surface area contributed by atoms with Gasteiger partial charge in [-0.1, -0.05) is 48.5 Å². The zero-order chi connectivity index (χ0) is 21.3. The van der Waals surface area contributed by atoms with E-state index in [4.69, 9.17) is 5.41 Å². The van der Waals surface area contributed by atoms with Crippen molar-refractivity contribution in [1.82, 2.24) is 10.2 Å². The van der Waals surface area contributed by atoms with Crippen LogP contribution in [-0.4, -0.2) is 68.4 Å². The summed E-state index contributed by atoms with van der Waals surface area (Å²) in [6, 6.07) is 18.6. The summed E-state index contributed by atoms with van der Waals surface area (Å²) in [5, 5.41) is 9.71. The summed E-state index contributed by atoms with van der Waals surface area (Å²) in [6.45, 7) is 2.62. The van der Waals surface area contributed by atoms with Crippen LogP contribution in [0, 0.1) is 5.41 Å². The average Bonchev–Trinajstić information content (AvgIpc) is 2.81. The van der Waals surface area contributed by atoms with Gasteiger partial charge in [0.25, 0.3) is 5.91 Å². The van der Waals surface area contributed by atoms with Crippen molar-refractivity contribution in [2.45, 2.75) is 6.42 Å². The molecule has 2 amide bonds. The molecule has 30 heavy (non-hydrogen) atoms. The van der Waals surface area contributed by atoms with Crippen molar-refractivity contribution in [2.75, 3.05) is 44.7 Å². The number of nitrogens with one attached hydrogen (secondary N) is 2. The van der Waals surface area contributed by atoms with Gasteiger partial charge in [0.1, 0.15) is 5.71 Å². The molecule has 2 N–H and O–H groups in total. The van der Waals surface area contributed by atoms with Gasteiger partial charge in [-0.2, -0.15) is 0 Å². The second kappa shape index (κ2) is 10.3. The molecule has 1 fully saturated rings. The summed E-state index contributed by atoms with van der Waals surface area (Å²) in [4.78, 5) is 32.5. The number of anilines is 1. The fourth-order valence-corrected chi connectivity index (χ4v) is 3.56. The lowest BCUT2D eigenvalue weighted by atomic mass is 10.0. The lowest BCUT2D eigenvalue weighted by Gasteiger charge is -2.37. The standard InChI is InChI=1S/C23H27N5O2/c1-25-20(11-12-24)23(30)26-17-22(29)28-15-13-27(14-16-28)21-10-6-5-9-19(21)18-7-3-2-4-8-18/h2-10,12,24H,11,13-17H2,1H3,(H,26,30). The van der Waals surface area contributed by atoms with Crippen molar-refractivity contribution >= 4 is 29.4 Å². The minimum absolute atomic E-state index is 0.0591. The van der Waals surface area contributed by atoms with Gasteiger partial charge >= 0.3 is 0 Å². The van der Waals surface area contributed by atoms with Gasteiger partial charge in [-0.15, -0.1) is 0 Å². The third-order valence-corrected chi connectivity index (χ3v) is 5.19. The second-order valence-corrected chi connectivity index (χ2v) is 7.01. The monoisotopic (exact) mass is 405 g/mol. The van der Waals surface area contributed by atoms with Gasteiger partial charge in [0.2, 0.25) is 5.91 Å². The molecule has 7 heteroatoms. The van der Waals surface area contributed by atoms with Gasteiger partial charge in [-0.05, 0) is 11.6 Å². The maximum absolute atomic E-state index is 12.5. The number of benzene rings is 2. The van der Waals surface area contributed by atoms with E-state index in [1.807, 2.05) is 30.3 Å². The van der Waals surface area contributed by atoms with E-state index in [0.717, 1.165) is 19.3 Å². The number of amides is 2. The van der Waals surface area contributed by atoms with Crippen molar-refractivity contribution in [1.29, 1.82) is 5.41 Å². The summed E-state index contributed by atoms with van der Waals surface area (Å²) in [6.07, 6.45) is 1.28. The number of carbonyl (C=O) groups is 2. The van der Waals surface area contributed by atoms with Gasteiger partial charge in [0.05, 0.1) is 6.54 Å². The minimum atomic E-state index is -0.398. The molecule has 0 saturated carbocycles. The first-order valence-corrected chi connectivity index (χ1v) is 10.0. The molecule has 0 atom stereocenters. The molecule has 1 saturated heterocycles. The van der Waals surface area contributed by atoms with Gasteiger partial charge in [0.15, 0.2) is 0 Å². The number of nitrogens with zero attached hydrogens (tertiary/aromatic N) is 3. The molecule has 0 bridgehead atoms. The number of hydrogen-bond donors (Lipinski definition) is 2. The van der Waals surface area contributed by atoms with Crippen LogP contribution in [0.3, 0.4) is 0 Å². The molecule has 2 aromatic carbocycles. The molecule has 0 radical (unpaired) electrons. The van der Waals surface area contributed by atoms with Crippen molar-refractivity contribution in [3.05, 3.63) is 54.6 Å². The molecule has 0 spiro atoms. The van der Waals surface area contributed by atoms with Crippen LogP contribution in [0.1, 0.15) is 6.42 Å². The number of para-hydroxylation sites is 1. The largest absolute Gasteiger partial charge is 0.367 e. The molecule has 1 aliphatic rings. The van der Waals surface area contributed by atoms with E-state index in [9.17, 15) is 9.59 Å². The Morgan fingerprint density at radius 2 is 1.70 bits per heavy atom. The highest BCUT2D eigenvalue weighted by Gasteiger charge is 2.23. The van der Waals surface area contributed by atoms with Crippen LogP contribution >= 0.6 is 0 Å². The van der Waals surface area contributed by atoms with E-state index in [2.05, 4.69) is 39.5 Å². The molecule has 156 valence electrons. The highest BCUT2D eigenvalue weighted by atomic mass is 16.2. The van der Waals surface area contributed by atoms with E-state index in [-0.39, 0.29) is 24.6 Å². The van der Waals surface area contributed by atoms with Crippen LogP contribution in [0.4, 0.5) is 5.69 Å². The Bertz CT molecular complexity index is 918. The Balaban J connectivity index is 1.57. The van der Waals surface area contributed by atoms with Crippen molar-refractivity contribution in [2.24, 2.45) is 4.99 Å². The highest BCUT2D eigenvalue weighted by Crippen LogP contribution is 2.31. The smallest absolute Gasteiger partial charge is 0.266 e. The van der Waals surface area contributed by atoms with Crippen LogP contribution in [0.15, 0.2) is 59.6 Å². The fraction of sp³-hybridized carbons (Fsp3) is 0.304. The predicted octanol–water partition coefficient (Wildman–Crippen LogP) is 2.23. The summed E-state index contributed by atoms with van der Waals surface area (Å²) >= 11 is 0. The van der Waals surface area contributed by atoms with Crippen molar-refractivity contribution < 1.29 is 9.59 Å². The van der Waals surface area contributed by atoms with Gasteiger partial charge in [-0.3, -0.25) is 14.6 Å². The maximum Gasteiger partial charge on any atom is 0.266 e. The molecule has 0 aromatic heterocycles. The third kappa shape index (κ3) is 5.11. The lowest BCUT2D eigenvalue weighted by molar-refractivity contribution is -0.132. The van der Waals surface area contributed by atoms with Crippen LogP contribution in [0.25, 0.3) is 11.1 Å². The van der Waals surface area contributed by atoms with Crippen LogP contribution in [0.2, 0.25) is 0 Å². The summed E-state index contributed by atoms with van der Waals surface area (Å²) in [7, 11) is 1.51. The van der Waals surface area contributed by atoms with E-state index in [1.54, 1.807) is 4.90 Å². The van der Waals surface area contributed by atoms with E-state index < -0.39 is 5.91 Å². The van der Waals surface area contributed by atoms with Crippen LogP contribution < -0.4 is 10.2 Å². The van der Waals surface area contributed by atoms with E-state index in [0.29, 0.717) is 13.1 Å². The Kier molecular flexibility index (Phi) is 7.32. The molecule has 7 nitrogen and oxygen atoms in total. The number of aliphatic imine (C=N–C) groups is 1. The predicted molar refractivity (Wildman–Crippen MR) is 120 cm³/mol. The number of carbonyl (C=O) groups excluding carboxylic acids is 2. The average molecular weight is 406 g/mol. The third-order valence-electron chi connectivity index (χ3n) is 5.19. The van der Waals surface area contributed by atoms with E-state index >= 15 is 0 Å². The highest BCUT2D eigenvalue weighted by molar-refractivity contribution is 6.41. The first kappa shape index (κ1) is 21.2. The Hall–Kier alpha value is -3.48. The zero-order valence-electron chi connectivity index (χ0n) is 17.2. The second-order valence-electron chi connectivity index (χ2n) is 7.01. The summed E-state index contributed by atoms with van der Waals surface area (Å²) in [5.74, 6) is -0.505. The molecule has 1 aliphatic heterocycles. The molecule has 1 heterocycles. The first-order valence-electron chi connectivity index (χ1n) is 10.0. The van der Waals surface area contributed by atoms with Gasteiger partial charge in [-0.25, -0.2) is 0 Å². The maximum atomic E-state index is 12.5. The van der Waals surface area contributed by atoms with Crippen molar-refractivity contribution in [3.63, 3.8) is 0 Å². The SMILES string of the molecule is CN=C(CC=N)C(=O)NCC(=O)N1CCN(c2ccccc2-c2ccccc2)CC1. The lowest BCUT2D eigenvalue weighted by Crippen LogP contribution is -2.51. The number of hydrogen-bond acceptors (Lipinski definition) is 5. The topological polar surface area (TPSA) is 88.9 Å². The minimum Gasteiger partial charge on any atom is -0.367 e. The summed E-state index contributed by atoms with van der Waals surface area (Å²) in [5.41, 5.74) is 3.77. The first-order chi connectivity index (χ1) is 14.6. The quantitative estimate of drug-likeness (QED) is 0.693. The number of piperazine rings is 1. The normalized spacial score (nSPS) is 14.4. The van der Waals surface area contributed by atoms with Gasteiger partial charge < -0.3 is 20.5 Å². The molecule has 0 aliphatic carbocycles. The molecular formula is C23H27N5O2. The Labute approximate surface area is 176 Å². The van der Waals surface area contributed by atoms with Crippen LogP contribution in [0.5, 0.6) is 0 Å². The number of rotatable bonds is 7. The molecule has 3 rings (SSSR count). The van der Waals surface area contributed by atoms with Crippen molar-refractivity contribution in [3.8, 4) is 11.1 Å².